The molecule has 1 aromatic carbocycles. The molecule has 29 heavy (non-hydrogen) atoms. The summed E-state index contributed by atoms with van der Waals surface area (Å²) in [6.45, 7) is 6.72. The molecule has 10 heteroatoms. The molecular weight excluding hydrogens is 500 g/mol. The maximum atomic E-state index is 12.7. The number of alkyl halides is 3. The Labute approximate surface area is 185 Å². The number of carbonyl (C=O) groups excluding carboxylic acids is 1. The largest absolute Gasteiger partial charge is 0.573 e. The fourth-order valence-electron chi connectivity index (χ4n) is 3.49. The van der Waals surface area contributed by atoms with E-state index in [0.29, 0.717) is 44.7 Å². The molecule has 1 amide bonds. The first-order chi connectivity index (χ1) is 13.3. The second kappa shape index (κ2) is 9.86. The van der Waals surface area contributed by atoms with Crippen LogP contribution in [0.25, 0.3) is 0 Å². The van der Waals surface area contributed by atoms with Crippen molar-refractivity contribution in [3.63, 3.8) is 0 Å². The quantitative estimate of drug-likeness (QED) is 0.372. The minimum absolute atomic E-state index is 0. The Kier molecular flexibility index (Phi) is 8.01. The Morgan fingerprint density at radius 2 is 1.83 bits per heavy atom. The standard InChI is InChI=1S/C19H25F3N4O2.HI/c1-3-23-18(26-10-8-25(9-11-26)13(2)27)24-16-12-15(16)14-6-4-5-7-17(14)28-19(20,21)22;/h4-7,15-16H,3,8-12H2,1-2H3,(H,23,24);1H. The summed E-state index contributed by atoms with van der Waals surface area (Å²) in [6, 6.07) is 6.29. The van der Waals surface area contributed by atoms with Gasteiger partial charge in [0.15, 0.2) is 5.96 Å². The molecule has 1 aliphatic carbocycles. The van der Waals surface area contributed by atoms with E-state index in [4.69, 9.17) is 0 Å². The summed E-state index contributed by atoms with van der Waals surface area (Å²) in [5.74, 6) is 0.602. The van der Waals surface area contributed by atoms with Crippen molar-refractivity contribution in [2.75, 3.05) is 32.7 Å². The Morgan fingerprint density at radius 3 is 2.41 bits per heavy atom. The average molecular weight is 526 g/mol. The summed E-state index contributed by atoms with van der Waals surface area (Å²) in [7, 11) is 0. The normalized spacial score (nSPS) is 22.0. The van der Waals surface area contributed by atoms with Crippen LogP contribution in [0.5, 0.6) is 5.75 Å². The number of benzene rings is 1. The Hall–Kier alpha value is -1.72. The zero-order chi connectivity index (χ0) is 20.3. The second-order valence-electron chi connectivity index (χ2n) is 6.97. The summed E-state index contributed by atoms with van der Waals surface area (Å²) in [5, 5.41) is 3.38. The molecule has 2 unspecified atom stereocenters. The highest BCUT2D eigenvalue weighted by Crippen LogP contribution is 2.45. The molecule has 2 atom stereocenters. The van der Waals surface area contributed by atoms with Gasteiger partial charge in [0, 0.05) is 51.6 Å². The maximum absolute atomic E-state index is 12.7. The zero-order valence-corrected chi connectivity index (χ0v) is 18.7. The first-order valence-electron chi connectivity index (χ1n) is 9.44. The lowest BCUT2D eigenvalue weighted by Gasteiger charge is -2.36. The molecule has 3 rings (SSSR count). The van der Waals surface area contributed by atoms with Crippen LogP contribution in [-0.2, 0) is 4.79 Å². The first kappa shape index (κ1) is 23.6. The number of piperazine rings is 1. The van der Waals surface area contributed by atoms with E-state index in [9.17, 15) is 18.0 Å². The molecule has 2 aliphatic rings. The van der Waals surface area contributed by atoms with Crippen LogP contribution in [-0.4, -0.2) is 66.8 Å². The van der Waals surface area contributed by atoms with Gasteiger partial charge in [-0.25, -0.2) is 0 Å². The molecule has 1 N–H and O–H groups in total. The lowest BCUT2D eigenvalue weighted by Crippen LogP contribution is -2.53. The van der Waals surface area contributed by atoms with Crippen LogP contribution < -0.4 is 10.1 Å². The number of para-hydroxylation sites is 1. The van der Waals surface area contributed by atoms with Crippen molar-refractivity contribution in [1.82, 2.24) is 15.1 Å². The number of hydrogen-bond acceptors (Lipinski definition) is 3. The van der Waals surface area contributed by atoms with Crippen molar-refractivity contribution in [1.29, 1.82) is 0 Å². The fraction of sp³-hybridized carbons (Fsp3) is 0.579. The number of amides is 1. The highest BCUT2D eigenvalue weighted by Gasteiger charge is 2.43. The van der Waals surface area contributed by atoms with Crippen LogP contribution in [0.1, 0.15) is 31.7 Å². The topological polar surface area (TPSA) is 57.2 Å². The summed E-state index contributed by atoms with van der Waals surface area (Å²) in [6.07, 6.45) is -3.99. The molecule has 162 valence electrons. The predicted octanol–water partition coefficient (Wildman–Crippen LogP) is 3.19. The number of guanidine groups is 1. The van der Waals surface area contributed by atoms with E-state index in [0.717, 1.165) is 5.96 Å². The van der Waals surface area contributed by atoms with Crippen molar-refractivity contribution in [3.05, 3.63) is 29.8 Å². The van der Waals surface area contributed by atoms with E-state index in [1.807, 2.05) is 6.92 Å². The lowest BCUT2D eigenvalue weighted by atomic mass is 10.1. The summed E-state index contributed by atoms with van der Waals surface area (Å²) < 4.78 is 42.1. The van der Waals surface area contributed by atoms with Gasteiger partial charge in [0.1, 0.15) is 5.75 Å². The van der Waals surface area contributed by atoms with Gasteiger partial charge in [-0.1, -0.05) is 18.2 Å². The third-order valence-corrected chi connectivity index (χ3v) is 4.98. The van der Waals surface area contributed by atoms with Crippen LogP contribution in [0.15, 0.2) is 29.3 Å². The summed E-state index contributed by atoms with van der Waals surface area (Å²) in [5.41, 5.74) is 0.551. The Morgan fingerprint density at radius 1 is 1.21 bits per heavy atom. The molecule has 1 aliphatic heterocycles. The van der Waals surface area contributed by atoms with E-state index in [-0.39, 0.29) is 47.6 Å². The Bertz CT molecular complexity index is 736. The third-order valence-electron chi connectivity index (χ3n) is 4.98. The van der Waals surface area contributed by atoms with Gasteiger partial charge in [0.2, 0.25) is 5.91 Å². The van der Waals surface area contributed by atoms with Crippen molar-refractivity contribution in [2.24, 2.45) is 4.99 Å². The minimum atomic E-state index is -4.71. The van der Waals surface area contributed by atoms with Crippen molar-refractivity contribution >= 4 is 35.8 Å². The zero-order valence-electron chi connectivity index (χ0n) is 16.4. The van der Waals surface area contributed by atoms with Gasteiger partial charge in [-0.15, -0.1) is 37.1 Å². The summed E-state index contributed by atoms with van der Waals surface area (Å²) in [4.78, 5) is 19.9. The highest BCUT2D eigenvalue weighted by molar-refractivity contribution is 14.0. The number of hydrogen-bond donors (Lipinski definition) is 1. The average Bonchev–Trinajstić information content (AvgIpc) is 3.39. The van der Waals surface area contributed by atoms with Gasteiger partial charge in [-0.3, -0.25) is 9.79 Å². The van der Waals surface area contributed by atoms with Gasteiger partial charge >= 0.3 is 6.36 Å². The molecule has 1 saturated carbocycles. The fourth-order valence-corrected chi connectivity index (χ4v) is 3.49. The molecule has 0 aromatic heterocycles. The number of nitrogens with one attached hydrogen (secondary N) is 1. The second-order valence-corrected chi connectivity index (χ2v) is 6.97. The van der Waals surface area contributed by atoms with Crippen LogP contribution >= 0.6 is 24.0 Å². The maximum Gasteiger partial charge on any atom is 0.573 e. The molecule has 0 radical (unpaired) electrons. The van der Waals surface area contributed by atoms with Gasteiger partial charge in [0.25, 0.3) is 0 Å². The van der Waals surface area contributed by atoms with Crippen LogP contribution in [0.4, 0.5) is 13.2 Å². The van der Waals surface area contributed by atoms with E-state index in [1.54, 1.807) is 24.0 Å². The smallest absolute Gasteiger partial charge is 0.405 e. The number of aliphatic imine (C=N–C) groups is 1. The van der Waals surface area contributed by atoms with E-state index < -0.39 is 6.36 Å². The van der Waals surface area contributed by atoms with Gasteiger partial charge in [0.05, 0.1) is 0 Å². The number of nitrogens with zero attached hydrogens (tertiary/aromatic N) is 3. The van der Waals surface area contributed by atoms with Crippen LogP contribution in [0, 0.1) is 0 Å². The molecule has 1 saturated heterocycles. The predicted molar refractivity (Wildman–Crippen MR) is 115 cm³/mol. The molecule has 0 bridgehead atoms. The first-order valence-corrected chi connectivity index (χ1v) is 9.44. The van der Waals surface area contributed by atoms with Crippen molar-refractivity contribution in [3.8, 4) is 5.75 Å². The molecule has 2 fully saturated rings. The van der Waals surface area contributed by atoms with Gasteiger partial charge in [-0.2, -0.15) is 0 Å². The highest BCUT2D eigenvalue weighted by atomic mass is 127. The van der Waals surface area contributed by atoms with E-state index >= 15 is 0 Å². The molecule has 1 aromatic rings. The van der Waals surface area contributed by atoms with Gasteiger partial charge in [-0.05, 0) is 25.0 Å². The molecule has 0 spiro atoms. The third kappa shape index (κ3) is 6.38. The van der Waals surface area contributed by atoms with Gasteiger partial charge < -0.3 is 19.9 Å². The van der Waals surface area contributed by atoms with E-state index in [2.05, 4.69) is 19.9 Å². The Balaban J connectivity index is 0.00000300. The van der Waals surface area contributed by atoms with E-state index in [1.165, 1.54) is 12.1 Å². The molecule has 6 nitrogen and oxygen atoms in total. The van der Waals surface area contributed by atoms with Crippen LogP contribution in [0.2, 0.25) is 0 Å². The molecular formula is C19H26F3IN4O2. The number of halogens is 4. The van der Waals surface area contributed by atoms with Crippen molar-refractivity contribution in [2.45, 2.75) is 38.6 Å². The SMILES string of the molecule is CCN=C(NC1CC1c1ccccc1OC(F)(F)F)N1CCN(C(C)=O)CC1.I. The molecule has 1 heterocycles. The van der Waals surface area contributed by atoms with Crippen molar-refractivity contribution < 1.29 is 22.7 Å². The minimum Gasteiger partial charge on any atom is -0.405 e. The number of rotatable bonds is 4. The lowest BCUT2D eigenvalue weighted by molar-refractivity contribution is -0.274. The number of ether oxygens (including phenoxy) is 1. The monoisotopic (exact) mass is 526 g/mol. The van der Waals surface area contributed by atoms with Crippen LogP contribution in [0.3, 0.4) is 0 Å². The summed E-state index contributed by atoms with van der Waals surface area (Å²) >= 11 is 0. The number of carbonyl (C=O) groups is 1.